The van der Waals surface area contributed by atoms with Gasteiger partial charge in [-0.2, -0.15) is 0 Å². The van der Waals surface area contributed by atoms with Gasteiger partial charge in [-0.1, -0.05) is 12.2 Å². The fourth-order valence-corrected chi connectivity index (χ4v) is 4.25. The van der Waals surface area contributed by atoms with E-state index >= 15 is 0 Å². The van der Waals surface area contributed by atoms with Crippen LogP contribution in [0.4, 0.5) is 0 Å². The Morgan fingerprint density at radius 3 is 2.81 bits per heavy atom. The molecule has 2 aliphatic rings. The molecule has 31 heavy (non-hydrogen) atoms. The van der Waals surface area contributed by atoms with Gasteiger partial charge >= 0.3 is 0 Å². The fourth-order valence-electron chi connectivity index (χ4n) is 4.25. The van der Waals surface area contributed by atoms with Gasteiger partial charge in [-0.15, -0.1) is 0 Å². The van der Waals surface area contributed by atoms with E-state index < -0.39 is 0 Å². The van der Waals surface area contributed by atoms with Gasteiger partial charge < -0.3 is 24.1 Å². The highest BCUT2D eigenvalue weighted by Gasteiger charge is 2.25. The predicted molar refractivity (Wildman–Crippen MR) is 122 cm³/mol. The summed E-state index contributed by atoms with van der Waals surface area (Å²) in [6.07, 6.45) is 11.8. The molecule has 1 unspecified atom stereocenters. The zero-order valence-electron chi connectivity index (χ0n) is 18.4. The summed E-state index contributed by atoms with van der Waals surface area (Å²) in [5.41, 5.74) is 4.63. The highest BCUT2D eigenvalue weighted by Crippen LogP contribution is 2.38. The normalized spacial score (nSPS) is 18.4. The zero-order chi connectivity index (χ0) is 21.4. The molecule has 0 saturated heterocycles. The summed E-state index contributed by atoms with van der Waals surface area (Å²) >= 11 is 0. The van der Waals surface area contributed by atoms with E-state index in [1.165, 1.54) is 24.0 Å². The van der Waals surface area contributed by atoms with E-state index in [0.29, 0.717) is 5.92 Å². The standard InChI is InChI=1S/C25H29N3O3/c1-28-14-18(21-11-19(29-2)13-27-25(21)28)6-7-22-20-12-23(30-3)24(31-15-16-4-5-16)10-17(20)8-9-26-22/h6-7,10-14,16,22,26H,4-5,8-9,15H2,1-3H3/b7-6+. The van der Waals surface area contributed by atoms with Crippen LogP contribution in [0.2, 0.25) is 0 Å². The van der Waals surface area contributed by atoms with Crippen molar-refractivity contribution in [2.45, 2.75) is 25.3 Å². The van der Waals surface area contributed by atoms with Crippen molar-refractivity contribution in [3.63, 3.8) is 0 Å². The van der Waals surface area contributed by atoms with E-state index in [1.54, 1.807) is 20.4 Å². The molecule has 3 aromatic rings. The average molecular weight is 420 g/mol. The minimum atomic E-state index is 0.115. The van der Waals surface area contributed by atoms with Gasteiger partial charge in [0.15, 0.2) is 11.5 Å². The summed E-state index contributed by atoms with van der Waals surface area (Å²) in [7, 11) is 5.39. The first-order chi connectivity index (χ1) is 15.2. The Morgan fingerprint density at radius 2 is 2.03 bits per heavy atom. The highest BCUT2D eigenvalue weighted by atomic mass is 16.5. The number of hydrogen-bond donors (Lipinski definition) is 1. The van der Waals surface area contributed by atoms with E-state index in [1.807, 2.05) is 17.7 Å². The minimum Gasteiger partial charge on any atom is -0.495 e. The largest absolute Gasteiger partial charge is 0.495 e. The zero-order valence-corrected chi connectivity index (χ0v) is 18.4. The highest BCUT2D eigenvalue weighted by molar-refractivity contribution is 5.87. The predicted octanol–water partition coefficient (Wildman–Crippen LogP) is 4.28. The Labute approximate surface area is 182 Å². The lowest BCUT2D eigenvalue weighted by atomic mass is 9.93. The monoisotopic (exact) mass is 419 g/mol. The van der Waals surface area contributed by atoms with Crippen molar-refractivity contribution in [1.29, 1.82) is 0 Å². The number of hydrogen-bond acceptors (Lipinski definition) is 5. The third-order valence-corrected chi connectivity index (χ3v) is 6.21. The molecule has 6 heteroatoms. The number of nitrogens with zero attached hydrogens (tertiary/aromatic N) is 2. The maximum Gasteiger partial charge on any atom is 0.161 e. The first-order valence-electron chi connectivity index (χ1n) is 10.9. The molecule has 2 aromatic heterocycles. The third kappa shape index (κ3) is 4.00. The van der Waals surface area contributed by atoms with Crippen LogP contribution in [0.25, 0.3) is 17.1 Å². The number of nitrogens with one attached hydrogen (secondary N) is 1. The summed E-state index contributed by atoms with van der Waals surface area (Å²) in [5, 5.41) is 4.70. The molecular weight excluding hydrogens is 390 g/mol. The first kappa shape index (κ1) is 19.9. The molecule has 0 amide bonds. The summed E-state index contributed by atoms with van der Waals surface area (Å²) in [6, 6.07) is 6.46. The molecule has 1 N–H and O–H groups in total. The lowest BCUT2D eigenvalue weighted by molar-refractivity contribution is 0.279. The topological polar surface area (TPSA) is 57.5 Å². The SMILES string of the molecule is COc1cnc2c(c1)c(/C=C/C1NCCc3cc(OCC4CC4)c(OC)cc31)cn2C. The third-order valence-electron chi connectivity index (χ3n) is 6.21. The van der Waals surface area contributed by atoms with Crippen LogP contribution in [0.15, 0.2) is 36.7 Å². The summed E-state index contributed by atoms with van der Waals surface area (Å²) in [4.78, 5) is 4.53. The molecule has 1 aliphatic heterocycles. The van der Waals surface area contributed by atoms with Crippen LogP contribution >= 0.6 is 0 Å². The van der Waals surface area contributed by atoms with Crippen molar-refractivity contribution in [2.24, 2.45) is 13.0 Å². The van der Waals surface area contributed by atoms with Crippen LogP contribution in [0.5, 0.6) is 17.2 Å². The molecule has 0 radical (unpaired) electrons. The Kier molecular flexibility index (Phi) is 5.32. The molecule has 0 spiro atoms. The van der Waals surface area contributed by atoms with Crippen LogP contribution in [-0.2, 0) is 13.5 Å². The molecule has 1 atom stereocenters. The Morgan fingerprint density at radius 1 is 1.16 bits per heavy atom. The van der Waals surface area contributed by atoms with E-state index in [4.69, 9.17) is 14.2 Å². The second kappa shape index (κ2) is 8.27. The van der Waals surface area contributed by atoms with Gasteiger partial charge in [-0.25, -0.2) is 4.98 Å². The van der Waals surface area contributed by atoms with Gasteiger partial charge in [0.2, 0.25) is 0 Å². The molecule has 162 valence electrons. The van der Waals surface area contributed by atoms with E-state index in [0.717, 1.165) is 53.4 Å². The smallest absolute Gasteiger partial charge is 0.161 e. The van der Waals surface area contributed by atoms with Crippen LogP contribution in [0, 0.1) is 5.92 Å². The van der Waals surface area contributed by atoms with Gasteiger partial charge in [-0.3, -0.25) is 0 Å². The number of rotatable bonds is 7. The lowest BCUT2D eigenvalue weighted by Gasteiger charge is -2.26. The number of fused-ring (bicyclic) bond motifs is 2. The average Bonchev–Trinajstić information content (AvgIpc) is 3.58. The molecular formula is C25H29N3O3. The van der Waals surface area contributed by atoms with Crippen molar-refractivity contribution in [3.05, 3.63) is 53.4 Å². The van der Waals surface area contributed by atoms with Crippen molar-refractivity contribution >= 4 is 17.1 Å². The quantitative estimate of drug-likeness (QED) is 0.620. The molecule has 0 bridgehead atoms. The maximum absolute atomic E-state index is 6.07. The Hall–Kier alpha value is -2.99. The van der Waals surface area contributed by atoms with E-state index in [2.05, 4.69) is 40.8 Å². The van der Waals surface area contributed by atoms with Crippen molar-refractivity contribution in [2.75, 3.05) is 27.4 Å². The van der Waals surface area contributed by atoms with Gasteiger partial charge in [0.25, 0.3) is 0 Å². The van der Waals surface area contributed by atoms with E-state index in [-0.39, 0.29) is 6.04 Å². The molecule has 1 aliphatic carbocycles. The minimum absolute atomic E-state index is 0.115. The second-order valence-corrected chi connectivity index (χ2v) is 8.44. The fraction of sp³-hybridized carbons (Fsp3) is 0.400. The molecule has 5 rings (SSSR count). The lowest BCUT2D eigenvalue weighted by Crippen LogP contribution is -2.28. The number of methoxy groups -OCH3 is 2. The number of pyridine rings is 1. The summed E-state index contributed by atoms with van der Waals surface area (Å²) in [6.45, 7) is 1.72. The molecule has 6 nitrogen and oxygen atoms in total. The van der Waals surface area contributed by atoms with Crippen molar-refractivity contribution in [3.8, 4) is 17.2 Å². The van der Waals surface area contributed by atoms with Crippen molar-refractivity contribution < 1.29 is 14.2 Å². The van der Waals surface area contributed by atoms with E-state index in [9.17, 15) is 0 Å². The number of ether oxygens (including phenoxy) is 3. The molecule has 1 saturated carbocycles. The summed E-state index contributed by atoms with van der Waals surface area (Å²) in [5.74, 6) is 3.15. The molecule has 1 fully saturated rings. The molecule has 1 aromatic carbocycles. The number of aromatic nitrogens is 2. The van der Waals surface area contributed by atoms with Gasteiger partial charge in [-0.05, 0) is 54.5 Å². The van der Waals surface area contributed by atoms with Crippen LogP contribution in [-0.4, -0.2) is 36.9 Å². The van der Waals surface area contributed by atoms with Crippen LogP contribution in [0.1, 0.15) is 35.6 Å². The van der Waals surface area contributed by atoms with Gasteiger partial charge in [0.1, 0.15) is 11.4 Å². The first-order valence-corrected chi connectivity index (χ1v) is 10.9. The van der Waals surface area contributed by atoms with Gasteiger partial charge in [0.05, 0.1) is 33.1 Å². The van der Waals surface area contributed by atoms with Crippen LogP contribution in [0.3, 0.4) is 0 Å². The van der Waals surface area contributed by atoms with Crippen LogP contribution < -0.4 is 19.5 Å². The Balaban J connectivity index is 1.45. The second-order valence-electron chi connectivity index (χ2n) is 8.44. The van der Waals surface area contributed by atoms with Gasteiger partial charge in [0, 0.05) is 30.7 Å². The maximum atomic E-state index is 6.07. The number of aryl methyl sites for hydroxylation is 1. The Bertz CT molecular complexity index is 1130. The summed E-state index contributed by atoms with van der Waals surface area (Å²) < 4.78 is 19.1. The number of benzene rings is 1. The molecule has 3 heterocycles. The van der Waals surface area contributed by atoms with Crippen molar-refractivity contribution in [1.82, 2.24) is 14.9 Å².